The van der Waals surface area contributed by atoms with E-state index in [1.54, 1.807) is 17.0 Å². The van der Waals surface area contributed by atoms with Crippen LogP contribution in [0, 0.1) is 19.7 Å². The number of amides is 1. The molecule has 1 amide bonds. The van der Waals surface area contributed by atoms with Gasteiger partial charge in [-0.2, -0.15) is 0 Å². The molecule has 2 aliphatic rings. The van der Waals surface area contributed by atoms with Gasteiger partial charge in [0.25, 0.3) is 0 Å². The van der Waals surface area contributed by atoms with Gasteiger partial charge in [-0.05, 0) is 43.2 Å². The average Bonchev–Trinajstić information content (AvgIpc) is 3.15. The zero-order valence-electron chi connectivity index (χ0n) is 16.9. The first kappa shape index (κ1) is 22.3. The Hall–Kier alpha value is -1.91. The van der Waals surface area contributed by atoms with Crippen molar-refractivity contribution in [2.24, 2.45) is 4.99 Å². The van der Waals surface area contributed by atoms with Crippen LogP contribution in [0.2, 0.25) is 0 Å². The second-order valence-electron chi connectivity index (χ2n) is 7.69. The molecule has 2 atom stereocenters. The number of amidine groups is 1. The molecule has 164 valence electrons. The van der Waals surface area contributed by atoms with Gasteiger partial charge in [0.15, 0.2) is 15.0 Å². The van der Waals surface area contributed by atoms with Crippen molar-refractivity contribution < 1.29 is 17.6 Å². The molecular weight excluding hydrogens is 505 g/mol. The van der Waals surface area contributed by atoms with E-state index in [0.717, 1.165) is 16.8 Å². The molecule has 0 unspecified atom stereocenters. The van der Waals surface area contributed by atoms with Crippen molar-refractivity contribution in [2.75, 3.05) is 27.5 Å². The maximum absolute atomic E-state index is 14.7. The van der Waals surface area contributed by atoms with E-state index in [2.05, 4.69) is 26.2 Å². The van der Waals surface area contributed by atoms with Crippen LogP contribution >= 0.6 is 27.7 Å². The number of para-hydroxylation sites is 1. The summed E-state index contributed by atoms with van der Waals surface area (Å²) < 4.78 is 39.6. The Balaban J connectivity index is 1.55. The highest BCUT2D eigenvalue weighted by molar-refractivity contribution is 9.10. The fraction of sp³-hybridized carbons (Fsp3) is 0.333. The summed E-state index contributed by atoms with van der Waals surface area (Å²) in [5.74, 6) is -0.757. The number of fused-ring (bicyclic) bond motifs is 1. The summed E-state index contributed by atoms with van der Waals surface area (Å²) in [5.41, 5.74) is 2.97. The SMILES string of the molecule is Cc1cccc(C)c1NC(=O)CSC1=N[C@H]2CS(=O)(=O)C[C@H]2N1c1ccc(Br)cc1F. The molecule has 0 aliphatic carbocycles. The van der Waals surface area contributed by atoms with Crippen molar-refractivity contribution in [1.82, 2.24) is 0 Å². The van der Waals surface area contributed by atoms with E-state index in [0.29, 0.717) is 9.64 Å². The number of carbonyl (C=O) groups is 1. The fourth-order valence-electron chi connectivity index (χ4n) is 3.91. The standard InChI is InChI=1S/C21H21BrFN3O3S2/c1-12-4-3-5-13(2)20(12)25-19(27)9-30-21-24-16-10-31(28,29)11-18(16)26(21)17-7-6-14(22)8-15(17)23/h3-8,16,18H,9-11H2,1-2H3,(H,25,27)/t16-,18+/m0/s1. The Kier molecular flexibility index (Phi) is 6.15. The summed E-state index contributed by atoms with van der Waals surface area (Å²) in [7, 11) is -3.24. The third-order valence-corrected chi connectivity index (χ3v) is 8.51. The monoisotopic (exact) mass is 525 g/mol. The van der Waals surface area contributed by atoms with E-state index >= 15 is 0 Å². The maximum Gasteiger partial charge on any atom is 0.234 e. The number of nitrogens with zero attached hydrogens (tertiary/aromatic N) is 2. The summed E-state index contributed by atoms with van der Waals surface area (Å²) in [4.78, 5) is 18.8. The summed E-state index contributed by atoms with van der Waals surface area (Å²) in [6.45, 7) is 3.85. The number of thioether (sulfide) groups is 1. The lowest BCUT2D eigenvalue weighted by atomic mass is 10.1. The Bertz CT molecular complexity index is 1170. The Morgan fingerprint density at radius 2 is 1.97 bits per heavy atom. The Morgan fingerprint density at radius 1 is 1.26 bits per heavy atom. The number of aryl methyl sites for hydroxylation is 2. The first-order valence-corrected chi connectivity index (χ1v) is 13.3. The summed E-state index contributed by atoms with van der Waals surface area (Å²) >= 11 is 4.43. The number of nitrogens with one attached hydrogen (secondary N) is 1. The van der Waals surface area contributed by atoms with Crippen molar-refractivity contribution in [1.29, 1.82) is 0 Å². The number of sulfone groups is 1. The van der Waals surface area contributed by atoms with Gasteiger partial charge in [-0.3, -0.25) is 9.79 Å². The molecule has 1 saturated heterocycles. The van der Waals surface area contributed by atoms with Crippen molar-refractivity contribution in [2.45, 2.75) is 25.9 Å². The third kappa shape index (κ3) is 4.65. The van der Waals surface area contributed by atoms with Crippen molar-refractivity contribution >= 4 is 60.0 Å². The van der Waals surface area contributed by atoms with Crippen LogP contribution < -0.4 is 10.2 Å². The molecular formula is C21H21BrFN3O3S2. The highest BCUT2D eigenvalue weighted by Gasteiger charge is 2.47. The molecule has 0 radical (unpaired) electrons. The van der Waals surface area contributed by atoms with Gasteiger partial charge in [-0.15, -0.1) is 0 Å². The van der Waals surface area contributed by atoms with E-state index in [4.69, 9.17) is 0 Å². The van der Waals surface area contributed by atoms with E-state index in [-0.39, 0.29) is 28.9 Å². The molecule has 1 fully saturated rings. The van der Waals surface area contributed by atoms with Gasteiger partial charge in [-0.1, -0.05) is 45.9 Å². The maximum atomic E-state index is 14.7. The number of anilines is 2. The quantitative estimate of drug-likeness (QED) is 0.654. The van der Waals surface area contributed by atoms with Crippen LogP contribution in [0.1, 0.15) is 11.1 Å². The first-order chi connectivity index (χ1) is 14.6. The fourth-order valence-corrected chi connectivity index (χ4v) is 7.00. The predicted octanol–water partition coefficient (Wildman–Crippen LogP) is 3.92. The molecule has 0 saturated carbocycles. The second-order valence-corrected chi connectivity index (χ2v) is 11.7. The molecule has 0 bridgehead atoms. The van der Waals surface area contributed by atoms with E-state index in [9.17, 15) is 17.6 Å². The average molecular weight is 526 g/mol. The van der Waals surface area contributed by atoms with Crippen LogP contribution in [0.3, 0.4) is 0 Å². The summed E-state index contributed by atoms with van der Waals surface area (Å²) in [6.07, 6.45) is 0. The number of hydrogen-bond donors (Lipinski definition) is 1. The smallest absolute Gasteiger partial charge is 0.234 e. The van der Waals surface area contributed by atoms with Crippen LogP contribution in [0.5, 0.6) is 0 Å². The van der Waals surface area contributed by atoms with Gasteiger partial charge in [0.1, 0.15) is 5.82 Å². The lowest BCUT2D eigenvalue weighted by Gasteiger charge is -2.26. The number of aliphatic imine (C=N–C) groups is 1. The molecule has 2 aromatic rings. The van der Waals surface area contributed by atoms with Gasteiger partial charge in [0.2, 0.25) is 5.91 Å². The zero-order valence-corrected chi connectivity index (χ0v) is 20.2. The van der Waals surface area contributed by atoms with E-state index < -0.39 is 27.7 Å². The summed E-state index contributed by atoms with van der Waals surface area (Å²) in [6, 6.07) is 9.49. The van der Waals surface area contributed by atoms with Crippen LogP contribution in [0.25, 0.3) is 0 Å². The van der Waals surface area contributed by atoms with E-state index in [1.165, 1.54) is 17.8 Å². The topological polar surface area (TPSA) is 78.8 Å². The van der Waals surface area contributed by atoms with E-state index in [1.807, 2.05) is 32.0 Å². The molecule has 6 nitrogen and oxygen atoms in total. The molecule has 0 spiro atoms. The van der Waals surface area contributed by atoms with Gasteiger partial charge in [-0.25, -0.2) is 12.8 Å². The minimum atomic E-state index is -3.24. The molecule has 31 heavy (non-hydrogen) atoms. The molecule has 10 heteroatoms. The first-order valence-electron chi connectivity index (χ1n) is 9.66. The Labute approximate surface area is 193 Å². The number of benzene rings is 2. The zero-order chi connectivity index (χ0) is 22.3. The van der Waals surface area contributed by atoms with Crippen LogP contribution in [-0.4, -0.2) is 48.8 Å². The molecule has 0 aromatic heterocycles. The molecule has 4 rings (SSSR count). The van der Waals surface area contributed by atoms with Crippen molar-refractivity contribution in [3.8, 4) is 0 Å². The second kappa shape index (κ2) is 8.55. The third-order valence-electron chi connectivity index (χ3n) is 5.35. The van der Waals surface area contributed by atoms with Crippen LogP contribution in [0.15, 0.2) is 45.9 Å². The largest absolute Gasteiger partial charge is 0.325 e. The summed E-state index contributed by atoms with van der Waals surface area (Å²) in [5, 5.41) is 3.39. The molecule has 1 N–H and O–H groups in total. The van der Waals surface area contributed by atoms with Crippen molar-refractivity contribution in [3.63, 3.8) is 0 Å². The normalized spacial score (nSPS) is 21.7. The highest BCUT2D eigenvalue weighted by Crippen LogP contribution is 2.37. The number of halogens is 2. The number of carbonyl (C=O) groups excluding carboxylic acids is 1. The molecule has 2 heterocycles. The molecule has 2 aliphatic heterocycles. The lowest BCUT2D eigenvalue weighted by molar-refractivity contribution is -0.113. The van der Waals surface area contributed by atoms with Crippen LogP contribution in [-0.2, 0) is 14.6 Å². The van der Waals surface area contributed by atoms with Crippen LogP contribution in [0.4, 0.5) is 15.8 Å². The highest BCUT2D eigenvalue weighted by atomic mass is 79.9. The minimum Gasteiger partial charge on any atom is -0.325 e. The van der Waals surface area contributed by atoms with Gasteiger partial charge >= 0.3 is 0 Å². The predicted molar refractivity (Wildman–Crippen MR) is 127 cm³/mol. The van der Waals surface area contributed by atoms with Gasteiger partial charge in [0, 0.05) is 10.2 Å². The minimum absolute atomic E-state index is 0.0645. The molecule has 2 aromatic carbocycles. The number of hydrogen-bond acceptors (Lipinski definition) is 6. The Morgan fingerprint density at radius 3 is 2.65 bits per heavy atom. The van der Waals surface area contributed by atoms with Gasteiger partial charge < -0.3 is 10.2 Å². The lowest BCUT2D eigenvalue weighted by Crippen LogP contribution is -2.40. The van der Waals surface area contributed by atoms with Gasteiger partial charge in [0.05, 0.1) is 35.0 Å². The number of rotatable bonds is 4. The van der Waals surface area contributed by atoms with Crippen molar-refractivity contribution in [3.05, 3.63) is 57.8 Å².